The summed E-state index contributed by atoms with van der Waals surface area (Å²) in [7, 11) is 1.27. The molecule has 0 spiro atoms. The molecule has 5 rings (SSSR count). The molecule has 3 aromatic rings. The SMILES string of the molecule is CON=C(C(=O)N[C@@H]1C(=O)N2C(C(=O)[O-])=C(CSc3ncc(-c4ccccc4)o3)CS[C@H]12)c1csc(N)n1.[Na+]. The number of oxime groups is 1. The number of anilines is 1. The van der Waals surface area contributed by atoms with E-state index in [9.17, 15) is 19.5 Å². The number of fused-ring (bicyclic) bond motifs is 1. The summed E-state index contributed by atoms with van der Waals surface area (Å²) in [4.78, 5) is 52.1. The van der Waals surface area contributed by atoms with Gasteiger partial charge in [-0.05, 0) is 5.57 Å². The van der Waals surface area contributed by atoms with Crippen LogP contribution in [-0.4, -0.2) is 68.4 Å². The van der Waals surface area contributed by atoms with E-state index < -0.39 is 29.2 Å². The summed E-state index contributed by atoms with van der Waals surface area (Å²) in [6.07, 6.45) is 1.60. The zero-order valence-corrected chi connectivity index (χ0v) is 25.1. The van der Waals surface area contributed by atoms with Crippen molar-refractivity contribution in [2.45, 2.75) is 16.6 Å². The number of nitrogen functional groups attached to an aromatic ring is 1. The summed E-state index contributed by atoms with van der Waals surface area (Å²) in [5, 5.41) is 19.9. The maximum Gasteiger partial charge on any atom is 1.00 e. The Balaban J connectivity index is 0.00000353. The summed E-state index contributed by atoms with van der Waals surface area (Å²) >= 11 is 3.67. The first-order valence-corrected chi connectivity index (χ1v) is 13.9. The second-order valence-corrected chi connectivity index (χ2v) is 10.9. The standard InChI is InChI=1S/C23H20N6O6S3.Na/c1-34-28-15(13-10-37-22(24)26-13)18(30)27-16-19(31)29-17(21(32)33)12(8-36-20(16)29)9-38-23-25-7-14(35-23)11-5-3-2-4-6-11;/h2-7,10,16,20H,8-9H2,1H3,(H2,24,26)(H,27,30)(H,32,33);/q;+1/p-1/t16-,20-;/m1./s1. The molecule has 1 aromatic carbocycles. The number of nitrogens with one attached hydrogen (secondary N) is 1. The van der Waals surface area contributed by atoms with Crippen molar-refractivity contribution >= 4 is 63.5 Å². The Morgan fingerprint density at radius 1 is 1.36 bits per heavy atom. The number of rotatable bonds is 9. The normalized spacial score (nSPS) is 18.6. The monoisotopic (exact) mass is 594 g/mol. The fraction of sp³-hybridized carbons (Fsp3) is 0.217. The van der Waals surface area contributed by atoms with Crippen molar-refractivity contribution in [1.29, 1.82) is 0 Å². The molecule has 2 atom stereocenters. The van der Waals surface area contributed by atoms with Crippen LogP contribution in [-0.2, 0) is 19.2 Å². The molecule has 196 valence electrons. The zero-order valence-electron chi connectivity index (χ0n) is 20.7. The summed E-state index contributed by atoms with van der Waals surface area (Å²) < 4.78 is 5.78. The summed E-state index contributed by atoms with van der Waals surface area (Å²) in [5.41, 5.74) is 6.85. The number of β-lactam (4-membered cyclic amide) rings is 1. The molecule has 0 bridgehead atoms. The van der Waals surface area contributed by atoms with E-state index in [1.165, 1.54) is 36.0 Å². The third-order valence-electron chi connectivity index (χ3n) is 5.60. The summed E-state index contributed by atoms with van der Waals surface area (Å²) in [5.74, 6) is -1.61. The van der Waals surface area contributed by atoms with E-state index >= 15 is 0 Å². The smallest absolute Gasteiger partial charge is 0.543 e. The fourth-order valence-electron chi connectivity index (χ4n) is 3.89. The number of nitrogens with two attached hydrogens (primary N) is 1. The van der Waals surface area contributed by atoms with Crippen LogP contribution in [0.4, 0.5) is 5.13 Å². The molecule has 16 heteroatoms. The third-order valence-corrected chi connectivity index (χ3v) is 8.54. The maximum absolute atomic E-state index is 13.0. The number of thiazole rings is 1. The minimum absolute atomic E-state index is 0. The molecule has 0 radical (unpaired) electrons. The van der Waals surface area contributed by atoms with Gasteiger partial charge in [0.05, 0.1) is 17.9 Å². The Hall–Kier alpha value is -2.82. The Morgan fingerprint density at radius 3 is 2.79 bits per heavy atom. The number of benzene rings is 1. The van der Waals surface area contributed by atoms with Crippen molar-refractivity contribution < 1.29 is 58.3 Å². The van der Waals surface area contributed by atoms with Crippen LogP contribution in [0.25, 0.3) is 11.3 Å². The Bertz CT molecular complexity index is 1460. The van der Waals surface area contributed by atoms with Crippen LogP contribution in [0.15, 0.2) is 68.0 Å². The summed E-state index contributed by atoms with van der Waals surface area (Å²) in [6.45, 7) is 0. The molecule has 12 nitrogen and oxygen atoms in total. The average molecular weight is 595 g/mol. The molecule has 2 aliphatic rings. The number of hydrogen-bond acceptors (Lipinski definition) is 13. The van der Waals surface area contributed by atoms with Crippen LogP contribution >= 0.6 is 34.9 Å². The first-order valence-electron chi connectivity index (χ1n) is 11.0. The van der Waals surface area contributed by atoms with Crippen LogP contribution in [0.5, 0.6) is 0 Å². The number of aromatic nitrogens is 2. The molecule has 0 aliphatic carbocycles. The van der Waals surface area contributed by atoms with Gasteiger partial charge in [0.1, 0.15) is 24.2 Å². The van der Waals surface area contributed by atoms with Crippen LogP contribution in [0, 0.1) is 0 Å². The molecule has 2 amide bonds. The Labute approximate surface area is 256 Å². The number of aliphatic carboxylic acids is 1. The maximum atomic E-state index is 13.0. The number of carboxylic acids is 1. The Kier molecular flexibility index (Phi) is 9.40. The number of carbonyl (C=O) groups excluding carboxylic acids is 3. The quantitative estimate of drug-likeness (QED) is 0.0915. The average Bonchev–Trinajstić information content (AvgIpc) is 3.58. The number of hydrogen-bond donors (Lipinski definition) is 2. The van der Waals surface area contributed by atoms with E-state index in [-0.39, 0.29) is 57.5 Å². The van der Waals surface area contributed by atoms with Gasteiger partial charge in [-0.25, -0.2) is 9.97 Å². The molecule has 39 heavy (non-hydrogen) atoms. The van der Waals surface area contributed by atoms with Gasteiger partial charge in [-0.2, -0.15) is 0 Å². The van der Waals surface area contributed by atoms with Crippen LogP contribution in [0.2, 0.25) is 0 Å². The van der Waals surface area contributed by atoms with E-state index in [2.05, 4.69) is 20.4 Å². The molecule has 4 heterocycles. The van der Waals surface area contributed by atoms with Gasteiger partial charge in [0.25, 0.3) is 17.0 Å². The fourth-order valence-corrected chi connectivity index (χ4v) is 6.73. The van der Waals surface area contributed by atoms with Crippen molar-refractivity contribution in [2.24, 2.45) is 5.16 Å². The van der Waals surface area contributed by atoms with Gasteiger partial charge in [0.2, 0.25) is 0 Å². The van der Waals surface area contributed by atoms with Gasteiger partial charge >= 0.3 is 29.6 Å². The van der Waals surface area contributed by atoms with E-state index in [0.29, 0.717) is 22.3 Å². The minimum Gasteiger partial charge on any atom is -0.543 e. The number of nitrogens with zero attached hydrogens (tertiary/aromatic N) is 4. The number of thioether (sulfide) groups is 2. The minimum atomic E-state index is -1.47. The van der Waals surface area contributed by atoms with E-state index in [1.54, 1.807) is 6.20 Å². The second kappa shape index (κ2) is 12.6. The van der Waals surface area contributed by atoms with Crippen molar-refractivity contribution in [1.82, 2.24) is 20.2 Å². The largest absolute Gasteiger partial charge is 1.00 e. The van der Waals surface area contributed by atoms with Crippen molar-refractivity contribution in [3.05, 3.63) is 58.9 Å². The second-order valence-electron chi connectivity index (χ2n) is 7.94. The molecular formula is C23H19N6NaO6S3. The van der Waals surface area contributed by atoms with Gasteiger partial charge < -0.3 is 30.2 Å². The van der Waals surface area contributed by atoms with Gasteiger partial charge in [-0.15, -0.1) is 23.1 Å². The van der Waals surface area contributed by atoms with Crippen molar-refractivity contribution in [3.8, 4) is 11.3 Å². The summed E-state index contributed by atoms with van der Waals surface area (Å²) in [6, 6.07) is 8.49. The van der Waals surface area contributed by atoms with Gasteiger partial charge in [-0.3, -0.25) is 14.5 Å². The molecule has 2 aromatic heterocycles. The molecular weight excluding hydrogens is 575 g/mol. The zero-order chi connectivity index (χ0) is 26.8. The molecule has 0 unspecified atom stereocenters. The Morgan fingerprint density at radius 2 is 2.13 bits per heavy atom. The first-order chi connectivity index (χ1) is 18.4. The van der Waals surface area contributed by atoms with Crippen molar-refractivity contribution in [2.75, 3.05) is 24.3 Å². The van der Waals surface area contributed by atoms with Crippen molar-refractivity contribution in [3.63, 3.8) is 0 Å². The number of carbonyl (C=O) groups is 3. The van der Waals surface area contributed by atoms with Crippen LogP contribution in [0.1, 0.15) is 5.69 Å². The predicted molar refractivity (Wildman–Crippen MR) is 140 cm³/mol. The van der Waals surface area contributed by atoms with Gasteiger partial charge in [0, 0.05) is 22.4 Å². The van der Waals surface area contributed by atoms with Gasteiger partial charge in [0.15, 0.2) is 16.6 Å². The first kappa shape index (κ1) is 29.2. The number of amides is 2. The van der Waals surface area contributed by atoms with E-state index in [0.717, 1.165) is 21.8 Å². The third kappa shape index (κ3) is 6.02. The van der Waals surface area contributed by atoms with E-state index in [4.69, 9.17) is 15.0 Å². The molecule has 3 N–H and O–H groups in total. The molecule has 2 aliphatic heterocycles. The molecule has 1 fully saturated rings. The van der Waals surface area contributed by atoms with Crippen LogP contribution < -0.4 is 45.7 Å². The van der Waals surface area contributed by atoms with Crippen LogP contribution in [0.3, 0.4) is 0 Å². The number of oxazole rings is 1. The number of carboxylic acid groups (broad SMARTS) is 1. The van der Waals surface area contributed by atoms with Gasteiger partial charge in [-0.1, -0.05) is 47.2 Å². The predicted octanol–water partition coefficient (Wildman–Crippen LogP) is -2.07. The molecule has 1 saturated heterocycles. The topological polar surface area (TPSA) is 176 Å². The molecule has 0 saturated carbocycles. The van der Waals surface area contributed by atoms with E-state index in [1.807, 2.05) is 30.3 Å².